The summed E-state index contributed by atoms with van der Waals surface area (Å²) in [6.45, 7) is 2.66. The van der Waals surface area contributed by atoms with Crippen LogP contribution in [0.1, 0.15) is 18.5 Å². The van der Waals surface area contributed by atoms with Crippen LogP contribution in [0.4, 0.5) is 0 Å². The van der Waals surface area contributed by atoms with Gasteiger partial charge in [0.25, 0.3) is 0 Å². The smallest absolute Gasteiger partial charge is 0.0432 e. The molecule has 1 atom stereocenters. The van der Waals surface area contributed by atoms with Crippen molar-refractivity contribution in [1.29, 1.82) is 0 Å². The van der Waals surface area contributed by atoms with Crippen molar-refractivity contribution in [1.82, 2.24) is 5.32 Å². The van der Waals surface area contributed by atoms with Gasteiger partial charge >= 0.3 is 0 Å². The topological polar surface area (TPSA) is 12.0 Å². The number of hydrogen-bond acceptors (Lipinski definition) is 1. The lowest BCUT2D eigenvalue weighted by Gasteiger charge is -2.15. The van der Waals surface area contributed by atoms with E-state index in [-0.39, 0.29) is 6.04 Å². The van der Waals surface area contributed by atoms with Gasteiger partial charge in [0.05, 0.1) is 0 Å². The van der Waals surface area contributed by atoms with Crippen LogP contribution in [-0.4, -0.2) is 6.54 Å². The average Bonchev–Trinajstić information content (AvgIpc) is 2.26. The van der Waals surface area contributed by atoms with E-state index in [1.54, 1.807) is 0 Å². The zero-order chi connectivity index (χ0) is 11.3. The second kappa shape index (κ2) is 6.54. The molecule has 4 heteroatoms. The molecule has 0 aliphatic heterocycles. The van der Waals surface area contributed by atoms with Gasteiger partial charge in [-0.1, -0.05) is 57.3 Å². The van der Waals surface area contributed by atoms with Gasteiger partial charge in [-0.2, -0.15) is 0 Å². The van der Waals surface area contributed by atoms with Gasteiger partial charge in [-0.15, -0.1) is 0 Å². The summed E-state index contributed by atoms with van der Waals surface area (Å²) in [6.07, 6.45) is 0. The summed E-state index contributed by atoms with van der Waals surface area (Å²) in [4.78, 5) is 0. The minimum atomic E-state index is 0.228. The highest BCUT2D eigenvalue weighted by Crippen LogP contribution is 2.22. The van der Waals surface area contributed by atoms with Crippen molar-refractivity contribution in [3.05, 3.63) is 44.9 Å². The van der Waals surface area contributed by atoms with Crippen LogP contribution < -0.4 is 5.32 Å². The van der Waals surface area contributed by atoms with E-state index < -0.39 is 0 Å². The standard InChI is InChI=1S/C11H12BrCl2N/c1-8(15-7-9(14)6-13)10-4-2-3-5-11(10)12/h2-6,8,15H,7H2,1H3/b9-6-/t8-/m0/s1. The van der Waals surface area contributed by atoms with Crippen LogP contribution in [0.15, 0.2) is 39.3 Å². The maximum absolute atomic E-state index is 5.79. The molecule has 1 aromatic carbocycles. The molecule has 0 aromatic heterocycles. The molecule has 0 saturated carbocycles. The fraction of sp³-hybridized carbons (Fsp3) is 0.273. The lowest BCUT2D eigenvalue weighted by molar-refractivity contribution is 0.612. The van der Waals surface area contributed by atoms with Crippen LogP contribution in [0.25, 0.3) is 0 Å². The largest absolute Gasteiger partial charge is 0.305 e. The van der Waals surface area contributed by atoms with Crippen LogP contribution in [-0.2, 0) is 0 Å². The summed E-state index contributed by atoms with van der Waals surface area (Å²) in [7, 11) is 0. The third kappa shape index (κ3) is 4.15. The molecule has 0 spiro atoms. The Morgan fingerprint density at radius 1 is 1.53 bits per heavy atom. The van der Waals surface area contributed by atoms with E-state index >= 15 is 0 Å². The van der Waals surface area contributed by atoms with Crippen molar-refractivity contribution in [3.63, 3.8) is 0 Å². The molecular weight excluding hydrogens is 297 g/mol. The van der Waals surface area contributed by atoms with E-state index in [1.165, 1.54) is 11.1 Å². The normalized spacial score (nSPS) is 14.0. The molecule has 82 valence electrons. The van der Waals surface area contributed by atoms with Crippen molar-refractivity contribution >= 4 is 39.1 Å². The zero-order valence-corrected chi connectivity index (χ0v) is 11.4. The second-order valence-electron chi connectivity index (χ2n) is 3.18. The Morgan fingerprint density at radius 2 is 2.20 bits per heavy atom. The van der Waals surface area contributed by atoms with Gasteiger partial charge in [-0.25, -0.2) is 0 Å². The molecule has 0 aliphatic rings. The Balaban J connectivity index is 2.61. The highest BCUT2D eigenvalue weighted by molar-refractivity contribution is 9.10. The van der Waals surface area contributed by atoms with Gasteiger partial charge in [0.15, 0.2) is 0 Å². The van der Waals surface area contributed by atoms with Crippen LogP contribution >= 0.6 is 39.1 Å². The molecule has 0 aliphatic carbocycles. The summed E-state index contributed by atoms with van der Waals surface area (Å²) in [5, 5.41) is 3.88. The van der Waals surface area contributed by atoms with E-state index in [2.05, 4.69) is 34.2 Å². The first-order valence-electron chi connectivity index (χ1n) is 4.57. The molecule has 0 saturated heterocycles. The fourth-order valence-electron chi connectivity index (χ4n) is 1.23. The first-order valence-corrected chi connectivity index (χ1v) is 6.18. The Bertz CT molecular complexity index is 352. The first-order chi connectivity index (χ1) is 7.15. The van der Waals surface area contributed by atoms with E-state index in [0.717, 1.165) is 4.47 Å². The van der Waals surface area contributed by atoms with E-state index in [0.29, 0.717) is 11.6 Å². The van der Waals surface area contributed by atoms with Crippen molar-refractivity contribution in [3.8, 4) is 0 Å². The van der Waals surface area contributed by atoms with Crippen molar-refractivity contribution in [2.45, 2.75) is 13.0 Å². The Hall–Kier alpha value is -0.0200. The number of halogens is 3. The second-order valence-corrected chi connectivity index (χ2v) is 4.74. The predicted molar refractivity (Wildman–Crippen MR) is 70.3 cm³/mol. The lowest BCUT2D eigenvalue weighted by atomic mass is 10.1. The van der Waals surface area contributed by atoms with Crippen LogP contribution in [0.3, 0.4) is 0 Å². The van der Waals surface area contributed by atoms with E-state index in [9.17, 15) is 0 Å². The molecule has 0 fully saturated rings. The number of rotatable bonds is 4. The fourth-order valence-corrected chi connectivity index (χ4v) is 2.01. The molecule has 0 amide bonds. The zero-order valence-electron chi connectivity index (χ0n) is 8.31. The number of benzene rings is 1. The Labute approximate surface area is 109 Å². The van der Waals surface area contributed by atoms with Crippen molar-refractivity contribution < 1.29 is 0 Å². The van der Waals surface area contributed by atoms with Crippen LogP contribution in [0.2, 0.25) is 0 Å². The SMILES string of the molecule is C[C@H](NC/C(Cl)=C/Cl)c1ccccc1Br. The van der Waals surface area contributed by atoms with Gasteiger partial charge in [0.1, 0.15) is 0 Å². The molecule has 0 unspecified atom stereocenters. The van der Waals surface area contributed by atoms with Gasteiger partial charge in [-0.3, -0.25) is 0 Å². The molecule has 0 bridgehead atoms. The minimum absolute atomic E-state index is 0.228. The van der Waals surface area contributed by atoms with Crippen molar-refractivity contribution in [2.75, 3.05) is 6.54 Å². The van der Waals surface area contributed by atoms with Gasteiger partial charge in [0, 0.05) is 27.6 Å². The predicted octanol–water partition coefficient (Wildman–Crippen LogP) is 4.42. The third-order valence-electron chi connectivity index (χ3n) is 2.07. The first kappa shape index (κ1) is 13.0. The summed E-state index contributed by atoms with van der Waals surface area (Å²) in [5.41, 5.74) is 2.58. The van der Waals surface area contributed by atoms with Gasteiger partial charge in [0.2, 0.25) is 0 Å². The molecule has 0 radical (unpaired) electrons. The number of nitrogens with one attached hydrogen (secondary N) is 1. The molecule has 1 N–H and O–H groups in total. The van der Waals surface area contributed by atoms with Crippen LogP contribution in [0.5, 0.6) is 0 Å². The Morgan fingerprint density at radius 3 is 2.80 bits per heavy atom. The van der Waals surface area contributed by atoms with Crippen LogP contribution in [0, 0.1) is 0 Å². The molecule has 1 aromatic rings. The highest BCUT2D eigenvalue weighted by Gasteiger charge is 2.07. The summed E-state index contributed by atoms with van der Waals surface area (Å²) < 4.78 is 1.09. The summed E-state index contributed by atoms with van der Waals surface area (Å²) >= 11 is 14.8. The van der Waals surface area contributed by atoms with Gasteiger partial charge in [-0.05, 0) is 18.6 Å². The quantitative estimate of drug-likeness (QED) is 0.868. The molecule has 1 rings (SSSR count). The van der Waals surface area contributed by atoms with Gasteiger partial charge < -0.3 is 5.32 Å². The number of hydrogen-bond donors (Lipinski definition) is 1. The monoisotopic (exact) mass is 307 g/mol. The summed E-state index contributed by atoms with van der Waals surface area (Å²) in [5.74, 6) is 0. The lowest BCUT2D eigenvalue weighted by Crippen LogP contribution is -2.20. The maximum atomic E-state index is 5.79. The minimum Gasteiger partial charge on any atom is -0.305 e. The maximum Gasteiger partial charge on any atom is 0.0432 e. The molecule has 0 heterocycles. The molecule has 1 nitrogen and oxygen atoms in total. The highest BCUT2D eigenvalue weighted by atomic mass is 79.9. The Kier molecular flexibility index (Phi) is 5.69. The average molecular weight is 309 g/mol. The molecular formula is C11H12BrCl2N. The summed E-state index contributed by atoms with van der Waals surface area (Å²) in [6, 6.07) is 8.32. The molecule has 15 heavy (non-hydrogen) atoms. The third-order valence-corrected chi connectivity index (χ3v) is 3.41. The van der Waals surface area contributed by atoms with Crippen molar-refractivity contribution in [2.24, 2.45) is 0 Å². The van der Waals surface area contributed by atoms with E-state index in [4.69, 9.17) is 23.2 Å². The van der Waals surface area contributed by atoms with E-state index in [1.807, 2.05) is 18.2 Å².